The lowest BCUT2D eigenvalue weighted by molar-refractivity contribution is -0.0315. The van der Waals surface area contributed by atoms with Gasteiger partial charge in [-0.25, -0.2) is 0 Å². The molecule has 2 aliphatic heterocycles. The smallest absolute Gasteiger partial charge is 0.0703 e. The summed E-state index contributed by atoms with van der Waals surface area (Å²) >= 11 is 0. The van der Waals surface area contributed by atoms with Gasteiger partial charge < -0.3 is 10.1 Å². The van der Waals surface area contributed by atoms with E-state index in [1.54, 1.807) is 0 Å². The summed E-state index contributed by atoms with van der Waals surface area (Å²) < 4.78 is 5.92. The molecule has 3 aliphatic rings. The fourth-order valence-corrected chi connectivity index (χ4v) is 4.38. The number of hydrogen-bond donors (Lipinski definition) is 1. The van der Waals surface area contributed by atoms with Crippen LogP contribution in [0.15, 0.2) is 0 Å². The summed E-state index contributed by atoms with van der Waals surface area (Å²) in [4.78, 5) is 2.82. The first kappa shape index (κ1) is 14.8. The van der Waals surface area contributed by atoms with Gasteiger partial charge in [0.05, 0.1) is 6.10 Å². The summed E-state index contributed by atoms with van der Waals surface area (Å²) in [6.45, 7) is 9.27. The van der Waals surface area contributed by atoms with E-state index in [0.717, 1.165) is 12.5 Å². The van der Waals surface area contributed by atoms with Gasteiger partial charge in [0, 0.05) is 37.8 Å². The van der Waals surface area contributed by atoms with Crippen molar-refractivity contribution in [3.8, 4) is 0 Å². The first-order valence-electron chi connectivity index (χ1n) is 8.80. The Morgan fingerprint density at radius 2 is 2.00 bits per heavy atom. The average Bonchev–Trinajstić information content (AvgIpc) is 2.95. The zero-order chi connectivity index (χ0) is 14.0. The van der Waals surface area contributed by atoms with Gasteiger partial charge in [-0.3, -0.25) is 4.90 Å². The molecule has 0 aromatic heterocycles. The molecule has 2 heterocycles. The SMILES string of the molecule is CC(C)C1CN(CC2CCCO2)C2(CCCCC2)CN1. The number of nitrogens with one attached hydrogen (secondary N) is 1. The Labute approximate surface area is 124 Å². The van der Waals surface area contributed by atoms with Crippen molar-refractivity contribution in [3.63, 3.8) is 0 Å². The van der Waals surface area contributed by atoms with Gasteiger partial charge in [0.2, 0.25) is 0 Å². The Morgan fingerprint density at radius 1 is 1.20 bits per heavy atom. The molecule has 1 aliphatic carbocycles. The first-order chi connectivity index (χ1) is 9.70. The van der Waals surface area contributed by atoms with E-state index in [4.69, 9.17) is 4.74 Å². The molecule has 0 radical (unpaired) electrons. The van der Waals surface area contributed by atoms with Gasteiger partial charge in [-0.1, -0.05) is 33.1 Å². The minimum absolute atomic E-state index is 0.440. The third-order valence-electron chi connectivity index (χ3n) is 5.82. The van der Waals surface area contributed by atoms with E-state index in [2.05, 4.69) is 24.1 Å². The van der Waals surface area contributed by atoms with E-state index in [0.29, 0.717) is 17.7 Å². The van der Waals surface area contributed by atoms with Crippen molar-refractivity contribution in [3.05, 3.63) is 0 Å². The number of hydrogen-bond acceptors (Lipinski definition) is 3. The van der Waals surface area contributed by atoms with Crippen molar-refractivity contribution >= 4 is 0 Å². The highest BCUT2D eigenvalue weighted by Crippen LogP contribution is 2.36. The predicted octanol–water partition coefficient (Wildman–Crippen LogP) is 2.80. The maximum atomic E-state index is 5.92. The minimum Gasteiger partial charge on any atom is -0.377 e. The van der Waals surface area contributed by atoms with Crippen LogP contribution in [-0.2, 0) is 4.74 Å². The Kier molecular flexibility index (Phi) is 4.68. The lowest BCUT2D eigenvalue weighted by atomic mass is 9.77. The Bertz CT molecular complexity index is 304. The van der Waals surface area contributed by atoms with Crippen molar-refractivity contribution < 1.29 is 4.74 Å². The van der Waals surface area contributed by atoms with Gasteiger partial charge in [-0.05, 0) is 31.6 Å². The van der Waals surface area contributed by atoms with Crippen molar-refractivity contribution in [2.75, 3.05) is 26.2 Å². The predicted molar refractivity (Wildman–Crippen MR) is 83.0 cm³/mol. The molecule has 116 valence electrons. The van der Waals surface area contributed by atoms with Gasteiger partial charge in [0.1, 0.15) is 0 Å². The molecule has 0 aromatic carbocycles. The Morgan fingerprint density at radius 3 is 2.65 bits per heavy atom. The van der Waals surface area contributed by atoms with Crippen LogP contribution in [0.25, 0.3) is 0 Å². The molecule has 2 atom stereocenters. The Balaban J connectivity index is 1.70. The van der Waals surface area contributed by atoms with Crippen LogP contribution in [0, 0.1) is 5.92 Å². The van der Waals surface area contributed by atoms with Gasteiger partial charge in [0.25, 0.3) is 0 Å². The van der Waals surface area contributed by atoms with E-state index in [1.807, 2.05) is 0 Å². The quantitative estimate of drug-likeness (QED) is 0.860. The molecule has 0 bridgehead atoms. The topological polar surface area (TPSA) is 24.5 Å². The molecule has 3 fully saturated rings. The minimum atomic E-state index is 0.440. The third-order valence-corrected chi connectivity index (χ3v) is 5.82. The fraction of sp³-hybridized carbons (Fsp3) is 1.00. The van der Waals surface area contributed by atoms with Crippen LogP contribution in [0.2, 0.25) is 0 Å². The van der Waals surface area contributed by atoms with E-state index in [9.17, 15) is 0 Å². The van der Waals surface area contributed by atoms with E-state index in [1.165, 1.54) is 64.6 Å². The van der Waals surface area contributed by atoms with Gasteiger partial charge in [0.15, 0.2) is 0 Å². The van der Waals surface area contributed by atoms with Crippen LogP contribution in [0.4, 0.5) is 0 Å². The van der Waals surface area contributed by atoms with E-state index >= 15 is 0 Å². The molecule has 0 aromatic rings. The van der Waals surface area contributed by atoms with Crippen LogP contribution >= 0.6 is 0 Å². The molecule has 0 amide bonds. The molecule has 3 nitrogen and oxygen atoms in total. The van der Waals surface area contributed by atoms with Gasteiger partial charge >= 0.3 is 0 Å². The van der Waals surface area contributed by atoms with Crippen molar-refractivity contribution in [1.29, 1.82) is 0 Å². The molecule has 2 unspecified atom stereocenters. The van der Waals surface area contributed by atoms with Crippen LogP contribution in [0.3, 0.4) is 0 Å². The molecular formula is C17H32N2O. The van der Waals surface area contributed by atoms with Crippen LogP contribution in [0.5, 0.6) is 0 Å². The van der Waals surface area contributed by atoms with Crippen LogP contribution in [0.1, 0.15) is 58.8 Å². The number of nitrogens with zero attached hydrogens (tertiary/aromatic N) is 1. The highest BCUT2D eigenvalue weighted by Gasteiger charge is 2.43. The molecule has 2 saturated heterocycles. The molecule has 20 heavy (non-hydrogen) atoms. The monoisotopic (exact) mass is 280 g/mol. The summed E-state index contributed by atoms with van der Waals surface area (Å²) in [5.74, 6) is 0.725. The highest BCUT2D eigenvalue weighted by molar-refractivity contribution is 5.01. The van der Waals surface area contributed by atoms with Gasteiger partial charge in [-0.2, -0.15) is 0 Å². The fourth-order valence-electron chi connectivity index (χ4n) is 4.38. The summed E-state index contributed by atoms with van der Waals surface area (Å²) in [5.41, 5.74) is 0.440. The number of piperazine rings is 1. The lowest BCUT2D eigenvalue weighted by Crippen LogP contribution is -2.67. The summed E-state index contributed by atoms with van der Waals surface area (Å²) in [5, 5.41) is 3.85. The molecular weight excluding hydrogens is 248 g/mol. The van der Waals surface area contributed by atoms with Gasteiger partial charge in [-0.15, -0.1) is 0 Å². The molecule has 1 saturated carbocycles. The Hall–Kier alpha value is -0.120. The molecule has 1 spiro atoms. The maximum Gasteiger partial charge on any atom is 0.0703 e. The van der Waals surface area contributed by atoms with E-state index < -0.39 is 0 Å². The summed E-state index contributed by atoms with van der Waals surface area (Å²) in [6, 6.07) is 0.656. The van der Waals surface area contributed by atoms with E-state index in [-0.39, 0.29) is 0 Å². The first-order valence-corrected chi connectivity index (χ1v) is 8.80. The van der Waals surface area contributed by atoms with Crippen LogP contribution in [-0.4, -0.2) is 48.8 Å². The second-order valence-corrected chi connectivity index (χ2v) is 7.56. The zero-order valence-electron chi connectivity index (χ0n) is 13.4. The lowest BCUT2D eigenvalue weighted by Gasteiger charge is -2.53. The average molecular weight is 280 g/mol. The summed E-state index contributed by atoms with van der Waals surface area (Å²) in [7, 11) is 0. The second kappa shape index (κ2) is 6.33. The summed E-state index contributed by atoms with van der Waals surface area (Å²) in [6.07, 6.45) is 10.1. The zero-order valence-corrected chi connectivity index (χ0v) is 13.4. The van der Waals surface area contributed by atoms with Crippen molar-refractivity contribution in [2.45, 2.75) is 76.5 Å². The highest BCUT2D eigenvalue weighted by atomic mass is 16.5. The van der Waals surface area contributed by atoms with Crippen molar-refractivity contribution in [1.82, 2.24) is 10.2 Å². The standard InChI is InChI=1S/C17H32N2O/c1-14(2)16-12-19(11-15-7-6-10-20-15)17(13-18-16)8-4-3-5-9-17/h14-16,18H,3-13H2,1-2H3. The third kappa shape index (κ3) is 3.05. The molecule has 1 N–H and O–H groups in total. The molecule has 3 heteroatoms. The largest absolute Gasteiger partial charge is 0.377 e. The number of ether oxygens (including phenoxy) is 1. The second-order valence-electron chi connectivity index (χ2n) is 7.56. The molecule has 3 rings (SSSR count). The maximum absolute atomic E-state index is 5.92. The van der Waals surface area contributed by atoms with Crippen LogP contribution < -0.4 is 5.32 Å². The normalized spacial score (nSPS) is 35.0. The van der Waals surface area contributed by atoms with Crippen molar-refractivity contribution in [2.24, 2.45) is 5.92 Å². The number of rotatable bonds is 3.